The number of aryl methyl sites for hydroxylation is 1. The van der Waals surface area contributed by atoms with Crippen molar-refractivity contribution < 1.29 is 5.11 Å². The molecule has 1 aromatic rings. The average Bonchev–Trinajstić information content (AvgIpc) is 2.80. The van der Waals surface area contributed by atoms with Crippen molar-refractivity contribution in [1.29, 1.82) is 0 Å². The zero-order chi connectivity index (χ0) is 12.4. The number of halogens is 1. The van der Waals surface area contributed by atoms with E-state index in [0.29, 0.717) is 5.92 Å². The molecular formula is C14H20BrNO. The average molecular weight is 298 g/mol. The van der Waals surface area contributed by atoms with Gasteiger partial charge in [-0.3, -0.25) is 0 Å². The van der Waals surface area contributed by atoms with Crippen molar-refractivity contribution in [2.45, 2.75) is 44.8 Å². The van der Waals surface area contributed by atoms with Gasteiger partial charge < -0.3 is 10.8 Å². The van der Waals surface area contributed by atoms with Crippen LogP contribution in [-0.4, -0.2) is 11.2 Å². The summed E-state index contributed by atoms with van der Waals surface area (Å²) in [6, 6.07) is 5.83. The molecule has 0 radical (unpaired) electrons. The van der Waals surface area contributed by atoms with Crippen LogP contribution in [0.3, 0.4) is 0 Å². The van der Waals surface area contributed by atoms with Crippen LogP contribution < -0.4 is 5.73 Å². The first-order valence-electron chi connectivity index (χ1n) is 6.29. The Bertz CT molecular complexity index is 388. The molecule has 0 heterocycles. The third-order valence-corrected chi connectivity index (χ3v) is 4.45. The van der Waals surface area contributed by atoms with Crippen LogP contribution in [0.25, 0.3) is 0 Å². The maximum atomic E-state index is 10.3. The number of rotatable bonds is 3. The van der Waals surface area contributed by atoms with Crippen LogP contribution in [0, 0.1) is 12.8 Å². The van der Waals surface area contributed by atoms with E-state index < -0.39 is 6.10 Å². The quantitative estimate of drug-likeness (QED) is 0.899. The molecular weight excluding hydrogens is 278 g/mol. The van der Waals surface area contributed by atoms with Gasteiger partial charge >= 0.3 is 0 Å². The van der Waals surface area contributed by atoms with Crippen molar-refractivity contribution in [3.63, 3.8) is 0 Å². The van der Waals surface area contributed by atoms with Gasteiger partial charge in [-0.1, -0.05) is 40.9 Å². The molecule has 0 spiro atoms. The molecule has 3 heteroatoms. The Morgan fingerprint density at radius 3 is 2.59 bits per heavy atom. The molecule has 2 atom stereocenters. The van der Waals surface area contributed by atoms with Crippen LogP contribution in [-0.2, 0) is 0 Å². The fraction of sp³-hybridized carbons (Fsp3) is 0.571. The number of aliphatic hydroxyl groups excluding tert-OH is 1. The summed E-state index contributed by atoms with van der Waals surface area (Å²) in [4.78, 5) is 0. The monoisotopic (exact) mass is 297 g/mol. The number of nitrogens with two attached hydrogens (primary N) is 1. The summed E-state index contributed by atoms with van der Waals surface area (Å²) in [7, 11) is 0. The highest BCUT2D eigenvalue weighted by molar-refractivity contribution is 9.10. The first kappa shape index (κ1) is 13.1. The number of hydrogen-bond acceptors (Lipinski definition) is 2. The normalized spacial score (nSPS) is 20.5. The van der Waals surface area contributed by atoms with Gasteiger partial charge in [0.2, 0.25) is 0 Å². The van der Waals surface area contributed by atoms with Crippen LogP contribution >= 0.6 is 15.9 Å². The van der Waals surface area contributed by atoms with Gasteiger partial charge in [0.05, 0.1) is 12.1 Å². The van der Waals surface area contributed by atoms with Crippen molar-refractivity contribution in [2.75, 3.05) is 0 Å². The van der Waals surface area contributed by atoms with E-state index in [0.717, 1.165) is 22.9 Å². The lowest BCUT2D eigenvalue weighted by atomic mass is 9.90. The van der Waals surface area contributed by atoms with E-state index >= 15 is 0 Å². The zero-order valence-electron chi connectivity index (χ0n) is 10.2. The SMILES string of the molecule is Cc1ccc([C@H](N)[C@H](O)C2CCCC2)c(Br)c1. The van der Waals surface area contributed by atoms with E-state index in [9.17, 15) is 5.11 Å². The van der Waals surface area contributed by atoms with E-state index in [2.05, 4.69) is 22.0 Å². The molecule has 17 heavy (non-hydrogen) atoms. The summed E-state index contributed by atoms with van der Waals surface area (Å²) < 4.78 is 1.00. The van der Waals surface area contributed by atoms with E-state index in [1.165, 1.54) is 18.4 Å². The predicted molar refractivity (Wildman–Crippen MR) is 73.8 cm³/mol. The highest BCUT2D eigenvalue weighted by Crippen LogP contribution is 2.34. The molecule has 0 unspecified atom stereocenters. The molecule has 94 valence electrons. The second kappa shape index (κ2) is 5.51. The summed E-state index contributed by atoms with van der Waals surface area (Å²) in [5.41, 5.74) is 8.40. The van der Waals surface area contributed by atoms with E-state index in [-0.39, 0.29) is 6.04 Å². The topological polar surface area (TPSA) is 46.2 Å². The molecule has 2 rings (SSSR count). The minimum atomic E-state index is -0.420. The maximum absolute atomic E-state index is 10.3. The molecule has 1 aromatic carbocycles. The first-order valence-corrected chi connectivity index (χ1v) is 7.08. The van der Waals surface area contributed by atoms with E-state index in [1.807, 2.05) is 19.1 Å². The lowest BCUT2D eigenvalue weighted by molar-refractivity contribution is 0.0843. The molecule has 3 N–H and O–H groups in total. The molecule has 0 aromatic heterocycles. The summed E-state index contributed by atoms with van der Waals surface area (Å²) in [6.45, 7) is 2.05. The Balaban J connectivity index is 2.15. The van der Waals surface area contributed by atoms with Gasteiger partial charge in [0.15, 0.2) is 0 Å². The Morgan fingerprint density at radius 2 is 2.00 bits per heavy atom. The zero-order valence-corrected chi connectivity index (χ0v) is 11.8. The summed E-state index contributed by atoms with van der Waals surface area (Å²) >= 11 is 3.53. The van der Waals surface area contributed by atoms with Gasteiger partial charge in [0.1, 0.15) is 0 Å². The lowest BCUT2D eigenvalue weighted by Crippen LogP contribution is -2.32. The standard InChI is InChI=1S/C14H20BrNO/c1-9-6-7-11(12(15)8-9)13(16)14(17)10-4-2-3-5-10/h6-8,10,13-14,17H,2-5,16H2,1H3/t13-,14+/m0/s1. The number of hydrogen-bond donors (Lipinski definition) is 2. The Labute approximate surface area is 111 Å². The maximum Gasteiger partial charge on any atom is 0.0761 e. The molecule has 1 aliphatic carbocycles. The van der Waals surface area contributed by atoms with Gasteiger partial charge in [-0.25, -0.2) is 0 Å². The van der Waals surface area contributed by atoms with Crippen LogP contribution in [0.1, 0.15) is 42.9 Å². The van der Waals surface area contributed by atoms with Crippen LogP contribution in [0.2, 0.25) is 0 Å². The van der Waals surface area contributed by atoms with Crippen LogP contribution in [0.15, 0.2) is 22.7 Å². The van der Waals surface area contributed by atoms with E-state index in [1.54, 1.807) is 0 Å². The lowest BCUT2D eigenvalue weighted by Gasteiger charge is -2.25. The van der Waals surface area contributed by atoms with Crippen molar-refractivity contribution in [2.24, 2.45) is 11.7 Å². The molecule has 0 saturated heterocycles. The van der Waals surface area contributed by atoms with Gasteiger partial charge in [-0.15, -0.1) is 0 Å². The number of benzene rings is 1. The third-order valence-electron chi connectivity index (χ3n) is 3.77. The minimum Gasteiger partial charge on any atom is -0.391 e. The van der Waals surface area contributed by atoms with Gasteiger partial charge in [0, 0.05) is 4.47 Å². The Morgan fingerprint density at radius 1 is 1.35 bits per heavy atom. The van der Waals surface area contributed by atoms with Crippen LogP contribution in [0.5, 0.6) is 0 Å². The highest BCUT2D eigenvalue weighted by atomic mass is 79.9. The van der Waals surface area contributed by atoms with Crippen molar-refractivity contribution in [3.8, 4) is 0 Å². The van der Waals surface area contributed by atoms with Crippen molar-refractivity contribution in [3.05, 3.63) is 33.8 Å². The van der Waals surface area contributed by atoms with Crippen molar-refractivity contribution in [1.82, 2.24) is 0 Å². The van der Waals surface area contributed by atoms with Crippen LogP contribution in [0.4, 0.5) is 0 Å². The second-order valence-electron chi connectivity index (χ2n) is 5.09. The second-order valence-corrected chi connectivity index (χ2v) is 5.94. The molecule has 1 fully saturated rings. The van der Waals surface area contributed by atoms with Crippen molar-refractivity contribution >= 4 is 15.9 Å². The largest absolute Gasteiger partial charge is 0.391 e. The molecule has 0 aliphatic heterocycles. The van der Waals surface area contributed by atoms with Gasteiger partial charge in [-0.05, 0) is 42.9 Å². The van der Waals surface area contributed by atoms with E-state index in [4.69, 9.17) is 5.73 Å². The first-order chi connectivity index (χ1) is 8.09. The highest BCUT2D eigenvalue weighted by Gasteiger charge is 2.29. The molecule has 1 saturated carbocycles. The summed E-state index contributed by atoms with van der Waals surface area (Å²) in [5.74, 6) is 0.373. The Kier molecular flexibility index (Phi) is 4.23. The molecule has 0 bridgehead atoms. The fourth-order valence-electron chi connectivity index (χ4n) is 2.68. The predicted octanol–water partition coefficient (Wildman–Crippen LogP) is 3.31. The summed E-state index contributed by atoms with van der Waals surface area (Å²) in [6.07, 6.45) is 4.25. The Hall–Kier alpha value is -0.380. The molecule has 0 amide bonds. The molecule has 1 aliphatic rings. The number of aliphatic hydroxyl groups is 1. The van der Waals surface area contributed by atoms with Gasteiger partial charge in [-0.2, -0.15) is 0 Å². The minimum absolute atomic E-state index is 0.284. The third kappa shape index (κ3) is 2.90. The summed E-state index contributed by atoms with van der Waals surface area (Å²) in [5, 5.41) is 10.3. The molecule has 2 nitrogen and oxygen atoms in total. The smallest absolute Gasteiger partial charge is 0.0761 e. The van der Waals surface area contributed by atoms with Gasteiger partial charge in [0.25, 0.3) is 0 Å². The fourth-order valence-corrected chi connectivity index (χ4v) is 3.44.